The first-order valence-electron chi connectivity index (χ1n) is 7.68. The van der Waals surface area contributed by atoms with E-state index in [1.54, 1.807) is 42.5 Å². The van der Waals surface area contributed by atoms with E-state index in [1.807, 2.05) is 13.0 Å². The van der Waals surface area contributed by atoms with Crippen molar-refractivity contribution in [3.8, 4) is 11.4 Å². The number of hydrogen-bond donors (Lipinski definition) is 1. The monoisotopic (exact) mass is 318 g/mol. The van der Waals surface area contributed by atoms with Crippen LogP contribution in [-0.4, -0.2) is 27.0 Å². The minimum atomic E-state index is -0.308. The number of aromatic nitrogens is 3. The molecule has 24 heavy (non-hydrogen) atoms. The van der Waals surface area contributed by atoms with E-state index in [0.717, 1.165) is 17.8 Å². The predicted octanol–water partition coefficient (Wildman–Crippen LogP) is 2.83. The van der Waals surface area contributed by atoms with Crippen LogP contribution in [0.1, 0.15) is 33.5 Å². The highest BCUT2D eigenvalue weighted by molar-refractivity contribution is 6.34. The first-order chi connectivity index (χ1) is 11.7. The minimum absolute atomic E-state index is 0.308. The largest absolute Gasteiger partial charge is 0.268 e. The molecule has 0 aliphatic carbocycles. The zero-order valence-electron chi connectivity index (χ0n) is 13.0. The molecule has 1 aromatic heterocycles. The second-order valence-corrected chi connectivity index (χ2v) is 5.50. The van der Waals surface area contributed by atoms with Crippen molar-refractivity contribution in [2.45, 2.75) is 13.3 Å². The third-order valence-electron chi connectivity index (χ3n) is 4.02. The van der Waals surface area contributed by atoms with Gasteiger partial charge in [0.1, 0.15) is 5.82 Å². The molecule has 4 rings (SSSR count). The maximum Gasteiger partial charge on any atom is 0.266 e. The number of carbonyl (C=O) groups excluding carboxylic acids is 2. The van der Waals surface area contributed by atoms with E-state index in [4.69, 9.17) is 0 Å². The fourth-order valence-corrected chi connectivity index (χ4v) is 2.79. The Bertz CT molecular complexity index is 926. The Balaban J connectivity index is 1.75. The zero-order chi connectivity index (χ0) is 16.7. The number of rotatable bonds is 3. The van der Waals surface area contributed by atoms with Gasteiger partial charge in [-0.25, -0.2) is 9.88 Å². The van der Waals surface area contributed by atoms with Crippen molar-refractivity contribution in [3.63, 3.8) is 0 Å². The van der Waals surface area contributed by atoms with E-state index in [-0.39, 0.29) is 11.8 Å². The topological polar surface area (TPSA) is 79.0 Å². The van der Waals surface area contributed by atoms with Gasteiger partial charge >= 0.3 is 0 Å². The van der Waals surface area contributed by atoms with Crippen LogP contribution < -0.4 is 4.90 Å². The van der Waals surface area contributed by atoms with Gasteiger partial charge in [0.05, 0.1) is 16.8 Å². The predicted molar refractivity (Wildman–Crippen MR) is 88.8 cm³/mol. The van der Waals surface area contributed by atoms with Gasteiger partial charge in [-0.15, -0.1) is 0 Å². The Morgan fingerprint density at radius 1 is 1.00 bits per heavy atom. The Hall–Kier alpha value is -3.28. The van der Waals surface area contributed by atoms with Crippen LogP contribution in [0, 0.1) is 0 Å². The summed E-state index contributed by atoms with van der Waals surface area (Å²) in [5.74, 6) is 0.718. The molecule has 6 nitrogen and oxygen atoms in total. The van der Waals surface area contributed by atoms with Crippen molar-refractivity contribution in [1.82, 2.24) is 15.2 Å². The minimum Gasteiger partial charge on any atom is -0.268 e. The number of nitrogens with one attached hydrogen (secondary N) is 1. The van der Waals surface area contributed by atoms with Crippen molar-refractivity contribution < 1.29 is 9.59 Å². The summed E-state index contributed by atoms with van der Waals surface area (Å²) in [6.45, 7) is 1.99. The van der Waals surface area contributed by atoms with Crippen molar-refractivity contribution in [1.29, 1.82) is 0 Å². The van der Waals surface area contributed by atoms with Gasteiger partial charge in [0.15, 0.2) is 5.82 Å². The summed E-state index contributed by atoms with van der Waals surface area (Å²) in [4.78, 5) is 30.7. The van der Waals surface area contributed by atoms with Gasteiger partial charge in [-0.2, -0.15) is 5.10 Å². The van der Waals surface area contributed by atoms with Crippen molar-refractivity contribution in [3.05, 3.63) is 65.5 Å². The summed E-state index contributed by atoms with van der Waals surface area (Å²) in [6, 6.07) is 14.0. The molecule has 0 unspecified atom stereocenters. The normalized spacial score (nSPS) is 13.5. The average molecular weight is 318 g/mol. The number of aromatic amines is 1. The summed E-state index contributed by atoms with van der Waals surface area (Å²) in [7, 11) is 0. The Morgan fingerprint density at radius 2 is 1.71 bits per heavy atom. The van der Waals surface area contributed by atoms with Gasteiger partial charge < -0.3 is 0 Å². The number of anilines is 1. The average Bonchev–Trinajstić information content (AvgIpc) is 3.20. The molecule has 118 valence electrons. The molecule has 1 aliphatic rings. The molecule has 0 fully saturated rings. The molecule has 0 radical (unpaired) electrons. The highest BCUT2D eigenvalue weighted by Crippen LogP contribution is 2.30. The summed E-state index contributed by atoms with van der Waals surface area (Å²) in [5, 5.41) is 7.04. The van der Waals surface area contributed by atoms with Gasteiger partial charge in [0, 0.05) is 12.0 Å². The van der Waals surface area contributed by atoms with Crippen LogP contribution in [0.3, 0.4) is 0 Å². The molecule has 2 amide bonds. The van der Waals surface area contributed by atoms with Crippen LogP contribution in [0.2, 0.25) is 0 Å². The van der Waals surface area contributed by atoms with Crippen LogP contribution in [-0.2, 0) is 6.42 Å². The highest BCUT2D eigenvalue weighted by atomic mass is 16.2. The van der Waals surface area contributed by atoms with Crippen LogP contribution >= 0.6 is 0 Å². The number of amides is 2. The number of benzene rings is 2. The van der Waals surface area contributed by atoms with Crippen LogP contribution in [0.15, 0.2) is 48.5 Å². The molecular formula is C18H14N4O2. The molecule has 0 atom stereocenters. The number of fused-ring (bicyclic) bond motifs is 1. The number of H-pyrrole nitrogens is 1. The molecule has 3 aromatic rings. The van der Waals surface area contributed by atoms with Gasteiger partial charge in [0.25, 0.3) is 11.8 Å². The molecule has 2 heterocycles. The summed E-state index contributed by atoms with van der Waals surface area (Å²) in [5.41, 5.74) is 2.12. The Kier molecular flexibility index (Phi) is 3.23. The number of aryl methyl sites for hydroxylation is 1. The Labute approximate surface area is 138 Å². The summed E-state index contributed by atoms with van der Waals surface area (Å²) >= 11 is 0. The van der Waals surface area contributed by atoms with E-state index >= 15 is 0 Å². The van der Waals surface area contributed by atoms with E-state index in [9.17, 15) is 9.59 Å². The van der Waals surface area contributed by atoms with Gasteiger partial charge in [-0.3, -0.25) is 14.7 Å². The van der Waals surface area contributed by atoms with Crippen molar-refractivity contribution in [2.75, 3.05) is 4.90 Å². The van der Waals surface area contributed by atoms with Gasteiger partial charge in [0.2, 0.25) is 0 Å². The molecule has 0 saturated heterocycles. The third kappa shape index (κ3) is 2.11. The maximum absolute atomic E-state index is 12.6. The molecule has 1 N–H and O–H groups in total. The molecule has 6 heteroatoms. The quantitative estimate of drug-likeness (QED) is 0.753. The molecule has 2 aromatic carbocycles. The number of nitrogens with zero attached hydrogens (tertiary/aromatic N) is 3. The van der Waals surface area contributed by atoms with E-state index in [2.05, 4.69) is 15.2 Å². The van der Waals surface area contributed by atoms with Gasteiger partial charge in [-0.05, 0) is 24.3 Å². The van der Waals surface area contributed by atoms with Crippen LogP contribution in [0.4, 0.5) is 5.69 Å². The summed E-state index contributed by atoms with van der Waals surface area (Å²) in [6.07, 6.45) is 0.755. The first-order valence-corrected chi connectivity index (χ1v) is 7.68. The fourth-order valence-electron chi connectivity index (χ4n) is 2.79. The maximum atomic E-state index is 12.6. The third-order valence-corrected chi connectivity index (χ3v) is 4.02. The van der Waals surface area contributed by atoms with Crippen LogP contribution in [0.5, 0.6) is 0 Å². The number of carbonyl (C=O) groups is 2. The van der Waals surface area contributed by atoms with Crippen molar-refractivity contribution in [2.24, 2.45) is 0 Å². The molecule has 0 saturated carbocycles. The number of hydrogen-bond acceptors (Lipinski definition) is 4. The SMILES string of the molecule is CCc1nc(-c2cccc(N3C(=O)c4ccccc4C3=O)c2)n[nH]1. The first kappa shape index (κ1) is 14.3. The van der Waals surface area contributed by atoms with E-state index in [1.165, 1.54) is 4.90 Å². The fraction of sp³-hybridized carbons (Fsp3) is 0.111. The lowest BCUT2D eigenvalue weighted by atomic mass is 10.1. The van der Waals surface area contributed by atoms with E-state index < -0.39 is 0 Å². The highest BCUT2D eigenvalue weighted by Gasteiger charge is 2.36. The van der Waals surface area contributed by atoms with Gasteiger partial charge in [-0.1, -0.05) is 31.2 Å². The summed E-state index contributed by atoms with van der Waals surface area (Å²) < 4.78 is 0. The van der Waals surface area contributed by atoms with E-state index in [0.29, 0.717) is 22.6 Å². The number of imide groups is 1. The smallest absolute Gasteiger partial charge is 0.266 e. The second kappa shape index (κ2) is 5.42. The zero-order valence-corrected chi connectivity index (χ0v) is 13.0. The van der Waals surface area contributed by atoms with Crippen molar-refractivity contribution >= 4 is 17.5 Å². The molecular weight excluding hydrogens is 304 g/mol. The molecule has 1 aliphatic heterocycles. The molecule has 0 bridgehead atoms. The lowest BCUT2D eigenvalue weighted by Crippen LogP contribution is -2.29. The van der Waals surface area contributed by atoms with Crippen LogP contribution in [0.25, 0.3) is 11.4 Å². The Morgan fingerprint density at radius 3 is 2.33 bits per heavy atom. The molecule has 0 spiro atoms. The lowest BCUT2D eigenvalue weighted by molar-refractivity contribution is 0.0926. The standard InChI is InChI=1S/C18H14N4O2/c1-2-15-19-16(21-20-15)11-6-5-7-12(10-11)22-17(23)13-8-3-4-9-14(13)18(22)24/h3-10H,2H2,1H3,(H,19,20,21). The second-order valence-electron chi connectivity index (χ2n) is 5.50. The lowest BCUT2D eigenvalue weighted by Gasteiger charge is -2.14.